The molecule has 0 saturated carbocycles. The molecule has 204 valence electrons. The Hall–Kier alpha value is -4.42. The van der Waals surface area contributed by atoms with Gasteiger partial charge >= 0.3 is 5.97 Å². The highest BCUT2D eigenvalue weighted by Gasteiger charge is 2.21. The molecule has 2 aromatic carbocycles. The first-order valence-electron chi connectivity index (χ1n) is 12.4. The highest BCUT2D eigenvalue weighted by atomic mass is 32.1. The van der Waals surface area contributed by atoms with E-state index in [1.54, 1.807) is 32.0 Å². The molecule has 0 aliphatic carbocycles. The summed E-state index contributed by atoms with van der Waals surface area (Å²) in [4.78, 5) is 60.7. The van der Waals surface area contributed by atoms with Crippen molar-refractivity contribution in [3.8, 4) is 0 Å². The van der Waals surface area contributed by atoms with Crippen LogP contribution in [-0.2, 0) is 16.1 Å². The van der Waals surface area contributed by atoms with Crippen molar-refractivity contribution < 1.29 is 19.1 Å². The van der Waals surface area contributed by atoms with Gasteiger partial charge in [-0.2, -0.15) is 0 Å². The average molecular weight is 576 g/mol. The van der Waals surface area contributed by atoms with E-state index in [0.29, 0.717) is 47.3 Å². The van der Waals surface area contributed by atoms with Crippen molar-refractivity contribution in [3.05, 3.63) is 80.2 Å². The van der Waals surface area contributed by atoms with Gasteiger partial charge in [0, 0.05) is 5.69 Å². The van der Waals surface area contributed by atoms with Gasteiger partial charge in [-0.25, -0.2) is 14.8 Å². The summed E-state index contributed by atoms with van der Waals surface area (Å²) >= 11 is 2.34. The monoisotopic (exact) mass is 575 g/mol. The zero-order valence-electron chi connectivity index (χ0n) is 22.2. The van der Waals surface area contributed by atoms with E-state index in [9.17, 15) is 19.2 Å². The molecular formula is C28H25N5O5S2. The van der Waals surface area contributed by atoms with Crippen molar-refractivity contribution in [2.75, 3.05) is 17.2 Å². The third-order valence-corrected chi connectivity index (χ3v) is 8.35. The Bertz CT molecular complexity index is 1870. The van der Waals surface area contributed by atoms with Gasteiger partial charge in [0.05, 0.1) is 39.0 Å². The summed E-state index contributed by atoms with van der Waals surface area (Å²) in [5.74, 6) is -1.22. The lowest BCUT2D eigenvalue weighted by molar-refractivity contribution is -0.116. The summed E-state index contributed by atoms with van der Waals surface area (Å²) in [6.45, 7) is 7.32. The number of anilines is 2. The summed E-state index contributed by atoms with van der Waals surface area (Å²) in [5.41, 5.74) is 3.84. The molecule has 2 N–H and O–H groups in total. The van der Waals surface area contributed by atoms with Gasteiger partial charge in [-0.15, -0.1) is 11.3 Å². The molecule has 12 heteroatoms. The number of aryl methyl sites for hydroxylation is 3. The first kappa shape index (κ1) is 27.2. The van der Waals surface area contributed by atoms with Gasteiger partial charge in [-0.3, -0.25) is 19.0 Å². The van der Waals surface area contributed by atoms with E-state index in [1.165, 1.54) is 22.2 Å². The van der Waals surface area contributed by atoms with Crippen LogP contribution in [-0.4, -0.2) is 38.9 Å². The van der Waals surface area contributed by atoms with Crippen molar-refractivity contribution >= 4 is 71.7 Å². The predicted octanol–water partition coefficient (Wildman–Crippen LogP) is 5.06. The number of carbonyl (C=O) groups excluding carboxylic acids is 3. The number of nitrogens with one attached hydrogen (secondary N) is 2. The van der Waals surface area contributed by atoms with Gasteiger partial charge in [-0.05, 0) is 63.1 Å². The zero-order chi connectivity index (χ0) is 28.6. The number of aromatic nitrogens is 3. The minimum atomic E-state index is -0.464. The van der Waals surface area contributed by atoms with E-state index in [-0.39, 0.29) is 19.1 Å². The van der Waals surface area contributed by atoms with Crippen LogP contribution in [0.15, 0.2) is 47.5 Å². The standard InChI is InChI=1S/C28H25N5O5S2/c1-5-38-27(37)17-7-9-19-20(11-17)39-28(31-19)32-21(34)12-33-13-29-25-22(26(33)36)16(4)23(40-25)24(35)30-18-8-6-14(2)10-15(18)3/h6-11,13H,5,12H2,1-4H3,(H,30,35)(H,31,32,34). The summed E-state index contributed by atoms with van der Waals surface area (Å²) in [5, 5.41) is 6.26. The number of amides is 2. The van der Waals surface area contributed by atoms with Crippen molar-refractivity contribution in [3.63, 3.8) is 0 Å². The Labute approximate surface area is 236 Å². The van der Waals surface area contributed by atoms with E-state index in [0.717, 1.165) is 22.5 Å². The number of benzene rings is 2. The molecular weight excluding hydrogens is 550 g/mol. The van der Waals surface area contributed by atoms with Gasteiger partial charge in [0.25, 0.3) is 11.5 Å². The van der Waals surface area contributed by atoms with Gasteiger partial charge in [0.15, 0.2) is 5.13 Å². The maximum Gasteiger partial charge on any atom is 0.338 e. The number of esters is 1. The van der Waals surface area contributed by atoms with Crippen molar-refractivity contribution in [2.24, 2.45) is 0 Å². The van der Waals surface area contributed by atoms with Gasteiger partial charge < -0.3 is 15.4 Å². The zero-order valence-corrected chi connectivity index (χ0v) is 23.8. The SMILES string of the molecule is CCOC(=O)c1ccc2nc(NC(=O)Cn3cnc4sc(C(=O)Nc5ccc(C)cc5C)c(C)c4c3=O)sc2c1. The molecule has 0 atom stereocenters. The maximum absolute atomic E-state index is 13.3. The lowest BCUT2D eigenvalue weighted by atomic mass is 10.1. The molecule has 3 heterocycles. The van der Waals surface area contributed by atoms with Crippen LogP contribution in [0.25, 0.3) is 20.4 Å². The molecule has 0 saturated heterocycles. The second kappa shape index (κ2) is 11.0. The van der Waals surface area contributed by atoms with Crippen LogP contribution in [0.2, 0.25) is 0 Å². The Morgan fingerprint density at radius 3 is 2.58 bits per heavy atom. The lowest BCUT2D eigenvalue weighted by Gasteiger charge is -2.08. The van der Waals surface area contributed by atoms with E-state index >= 15 is 0 Å². The fourth-order valence-corrected chi connectivity index (χ4v) is 6.21. The minimum Gasteiger partial charge on any atom is -0.462 e. The normalized spacial score (nSPS) is 11.1. The first-order chi connectivity index (χ1) is 19.1. The fraction of sp³-hybridized carbons (Fsp3) is 0.214. The molecule has 0 fully saturated rings. The van der Waals surface area contributed by atoms with Gasteiger partial charge in [0.1, 0.15) is 11.4 Å². The van der Waals surface area contributed by atoms with E-state index in [2.05, 4.69) is 20.6 Å². The molecule has 5 aromatic rings. The molecule has 2 amide bonds. The predicted molar refractivity (Wildman–Crippen MR) is 157 cm³/mol. The van der Waals surface area contributed by atoms with Crippen LogP contribution in [0.3, 0.4) is 0 Å². The number of nitrogens with zero attached hydrogens (tertiary/aromatic N) is 3. The van der Waals surface area contributed by atoms with Crippen LogP contribution in [0.4, 0.5) is 10.8 Å². The Kier molecular flexibility index (Phi) is 7.46. The van der Waals surface area contributed by atoms with E-state index in [1.807, 2.05) is 32.0 Å². The summed E-state index contributed by atoms with van der Waals surface area (Å²) < 4.78 is 6.94. The molecule has 3 aromatic heterocycles. The number of hydrogen-bond acceptors (Lipinski definition) is 9. The second-order valence-electron chi connectivity index (χ2n) is 9.16. The quantitative estimate of drug-likeness (QED) is 0.259. The minimum absolute atomic E-state index is 0.271. The molecule has 40 heavy (non-hydrogen) atoms. The largest absolute Gasteiger partial charge is 0.462 e. The highest BCUT2D eigenvalue weighted by Crippen LogP contribution is 2.29. The van der Waals surface area contributed by atoms with Gasteiger partial charge in [0.2, 0.25) is 5.91 Å². The summed E-state index contributed by atoms with van der Waals surface area (Å²) in [7, 11) is 0. The number of rotatable bonds is 7. The number of thiophene rings is 1. The number of ether oxygens (including phenoxy) is 1. The van der Waals surface area contributed by atoms with Crippen LogP contribution in [0, 0.1) is 20.8 Å². The second-order valence-corrected chi connectivity index (χ2v) is 11.2. The lowest BCUT2D eigenvalue weighted by Crippen LogP contribution is -2.27. The third-order valence-electron chi connectivity index (χ3n) is 6.21. The Balaban J connectivity index is 1.34. The number of thiazole rings is 1. The molecule has 0 unspecified atom stereocenters. The Morgan fingerprint density at radius 2 is 1.82 bits per heavy atom. The Morgan fingerprint density at radius 1 is 1.02 bits per heavy atom. The van der Waals surface area contributed by atoms with Crippen LogP contribution in [0.1, 0.15) is 43.6 Å². The van der Waals surface area contributed by atoms with E-state index < -0.39 is 17.4 Å². The number of hydrogen-bond donors (Lipinski definition) is 2. The van der Waals surface area contributed by atoms with Crippen LogP contribution >= 0.6 is 22.7 Å². The van der Waals surface area contributed by atoms with Crippen LogP contribution < -0.4 is 16.2 Å². The molecule has 0 bridgehead atoms. The summed E-state index contributed by atoms with van der Waals surface area (Å²) in [6.07, 6.45) is 1.30. The molecule has 10 nitrogen and oxygen atoms in total. The first-order valence-corrected chi connectivity index (χ1v) is 14.0. The average Bonchev–Trinajstić information content (AvgIpc) is 3.47. The molecule has 5 rings (SSSR count). The van der Waals surface area contributed by atoms with Crippen molar-refractivity contribution in [1.82, 2.24) is 14.5 Å². The molecule has 0 aliphatic heterocycles. The molecule has 0 spiro atoms. The topological polar surface area (TPSA) is 132 Å². The van der Waals surface area contributed by atoms with E-state index in [4.69, 9.17) is 4.74 Å². The number of carbonyl (C=O) groups is 3. The maximum atomic E-state index is 13.3. The molecule has 0 aliphatic rings. The summed E-state index contributed by atoms with van der Waals surface area (Å²) in [6, 6.07) is 10.7. The van der Waals surface area contributed by atoms with Crippen molar-refractivity contribution in [2.45, 2.75) is 34.2 Å². The molecule has 0 radical (unpaired) electrons. The number of fused-ring (bicyclic) bond motifs is 2. The van der Waals surface area contributed by atoms with Crippen LogP contribution in [0.5, 0.6) is 0 Å². The fourth-order valence-electron chi connectivity index (χ4n) is 4.25. The van der Waals surface area contributed by atoms with Gasteiger partial charge in [-0.1, -0.05) is 29.0 Å². The highest BCUT2D eigenvalue weighted by molar-refractivity contribution is 7.22. The smallest absolute Gasteiger partial charge is 0.338 e. The van der Waals surface area contributed by atoms with Crippen molar-refractivity contribution in [1.29, 1.82) is 0 Å². The third kappa shape index (κ3) is 5.36.